The van der Waals surface area contributed by atoms with Crippen molar-refractivity contribution < 1.29 is 0 Å². The van der Waals surface area contributed by atoms with Crippen molar-refractivity contribution in [3.8, 4) is 0 Å². The molecule has 0 spiro atoms. The van der Waals surface area contributed by atoms with Gasteiger partial charge >= 0.3 is 0 Å². The molecule has 0 bridgehead atoms. The first-order chi connectivity index (χ1) is 2.97. The Kier molecular flexibility index (Phi) is 0.243. The topological polar surface area (TPSA) is 0 Å². The van der Waals surface area contributed by atoms with Crippen molar-refractivity contribution in [1.29, 1.82) is 0 Å². The second-order valence-corrected chi connectivity index (χ2v) is 1.77. The van der Waals surface area contributed by atoms with Crippen LogP contribution >= 0.6 is 0 Å². The molecule has 0 unspecified atom stereocenters. The highest BCUT2D eigenvalue weighted by Crippen LogP contribution is 2.36. The maximum atomic E-state index is 3.14. The van der Waals surface area contributed by atoms with Crippen molar-refractivity contribution in [3.63, 3.8) is 0 Å². The van der Waals surface area contributed by atoms with E-state index in [1.807, 2.05) is 0 Å². The summed E-state index contributed by atoms with van der Waals surface area (Å²) in [7, 11) is 0. The Morgan fingerprint density at radius 1 is 1.67 bits per heavy atom. The molecule has 0 fully saturated rings. The number of hydrogen-bond donors (Lipinski definition) is 0. The van der Waals surface area contributed by atoms with Crippen LogP contribution in [0, 0.1) is 6.08 Å². The van der Waals surface area contributed by atoms with Gasteiger partial charge < -0.3 is 0 Å². The third kappa shape index (κ3) is 0.220. The zero-order valence-corrected chi connectivity index (χ0v) is 3.49. The molecule has 28 valence electrons. The van der Waals surface area contributed by atoms with Gasteiger partial charge in [0.1, 0.15) is 0 Å². The first-order valence-corrected chi connectivity index (χ1v) is 2.26. The minimum atomic E-state index is 1.16. The predicted octanol–water partition coefficient (Wildman–Crippen LogP) is 1.45. The van der Waals surface area contributed by atoms with Crippen LogP contribution in [0.15, 0.2) is 17.2 Å². The summed E-state index contributed by atoms with van der Waals surface area (Å²) in [5.74, 6) is 0. The van der Waals surface area contributed by atoms with E-state index in [2.05, 4.69) is 12.2 Å². The molecule has 0 heteroatoms. The van der Waals surface area contributed by atoms with Crippen molar-refractivity contribution in [1.82, 2.24) is 0 Å². The maximum absolute atomic E-state index is 3.14. The average molecular weight is 77.1 g/mol. The molecule has 0 atom stereocenters. The fourth-order valence-electron chi connectivity index (χ4n) is 0.569. The van der Waals surface area contributed by atoms with Gasteiger partial charge in [-0.1, -0.05) is 0 Å². The smallest absolute Gasteiger partial charge is 0.0269 e. The monoisotopic (exact) mass is 77.0 g/mol. The Hall–Kier alpha value is -0.610. The van der Waals surface area contributed by atoms with Gasteiger partial charge in [-0.2, -0.15) is 0 Å². The molecule has 0 saturated carbocycles. The Bertz CT molecular complexity index is 120. The largest absolute Gasteiger partial charge is 0.202 e. The summed E-state index contributed by atoms with van der Waals surface area (Å²) < 4.78 is 0. The molecule has 0 nitrogen and oxygen atoms in total. The molecule has 2 aliphatic carbocycles. The van der Waals surface area contributed by atoms with Crippen LogP contribution in [0.5, 0.6) is 0 Å². The van der Waals surface area contributed by atoms with Gasteiger partial charge in [0.15, 0.2) is 6.42 Å². The lowest BCUT2D eigenvalue weighted by molar-refractivity contribution is 1.47. The SMILES string of the molecule is [C+]1=C(C2=CC2)C1. The van der Waals surface area contributed by atoms with Gasteiger partial charge in [0.2, 0.25) is 5.57 Å². The third-order valence-corrected chi connectivity index (χ3v) is 1.15. The molecule has 2 rings (SSSR count). The van der Waals surface area contributed by atoms with E-state index in [1.165, 1.54) is 12.0 Å². The zero-order valence-electron chi connectivity index (χ0n) is 3.49. The van der Waals surface area contributed by atoms with E-state index >= 15 is 0 Å². The molecule has 0 aromatic heterocycles. The molecule has 0 N–H and O–H groups in total. The second kappa shape index (κ2) is 0.572. The quantitative estimate of drug-likeness (QED) is 0.415. The second-order valence-electron chi connectivity index (χ2n) is 1.77. The van der Waals surface area contributed by atoms with Gasteiger partial charge in [-0.25, -0.2) is 0 Å². The molecule has 0 amide bonds. The molecule has 0 aromatic rings. The van der Waals surface area contributed by atoms with Gasteiger partial charge in [-0.3, -0.25) is 0 Å². The molecule has 2 aliphatic rings. The zero-order chi connectivity index (χ0) is 3.98. The molecular formula is C6H5+. The Morgan fingerprint density at radius 3 is 2.50 bits per heavy atom. The minimum absolute atomic E-state index is 1.16. The molecule has 0 aromatic carbocycles. The van der Waals surface area contributed by atoms with Gasteiger partial charge in [-0.05, 0) is 0 Å². The standard InChI is InChI=1S/C6H5/c1-2-5(1)6-3-4-6/h1H,2-3H2/q+1. The highest BCUT2D eigenvalue weighted by molar-refractivity contribution is 5.48. The highest BCUT2D eigenvalue weighted by Gasteiger charge is 2.34. The van der Waals surface area contributed by atoms with E-state index in [0.29, 0.717) is 0 Å². The summed E-state index contributed by atoms with van der Waals surface area (Å²) in [5, 5.41) is 0. The van der Waals surface area contributed by atoms with Crippen molar-refractivity contribution in [2.45, 2.75) is 12.8 Å². The highest BCUT2D eigenvalue weighted by atomic mass is 14.2. The van der Waals surface area contributed by atoms with E-state index in [9.17, 15) is 0 Å². The number of allylic oxidation sites excluding steroid dienone is 4. The van der Waals surface area contributed by atoms with Gasteiger partial charge in [0, 0.05) is 6.08 Å². The van der Waals surface area contributed by atoms with E-state index in [-0.39, 0.29) is 0 Å². The van der Waals surface area contributed by atoms with Crippen molar-refractivity contribution >= 4 is 0 Å². The molecular weight excluding hydrogens is 72.1 g/mol. The Morgan fingerprint density at radius 2 is 2.33 bits per heavy atom. The van der Waals surface area contributed by atoms with Crippen molar-refractivity contribution in [2.24, 2.45) is 0 Å². The molecule has 0 saturated heterocycles. The van der Waals surface area contributed by atoms with E-state index in [0.717, 1.165) is 6.42 Å². The third-order valence-electron chi connectivity index (χ3n) is 1.15. The van der Waals surface area contributed by atoms with Crippen LogP contribution < -0.4 is 0 Å². The van der Waals surface area contributed by atoms with Crippen LogP contribution in [0.25, 0.3) is 0 Å². The van der Waals surface area contributed by atoms with Crippen LogP contribution in [0.3, 0.4) is 0 Å². The van der Waals surface area contributed by atoms with Crippen LogP contribution in [0.2, 0.25) is 0 Å². The van der Waals surface area contributed by atoms with Crippen LogP contribution in [0.1, 0.15) is 12.8 Å². The summed E-state index contributed by atoms with van der Waals surface area (Å²) in [4.78, 5) is 0. The van der Waals surface area contributed by atoms with Crippen molar-refractivity contribution in [3.05, 3.63) is 23.3 Å². The maximum Gasteiger partial charge on any atom is 0.202 e. The van der Waals surface area contributed by atoms with Gasteiger partial charge in [0.05, 0.1) is 18.1 Å². The van der Waals surface area contributed by atoms with Crippen LogP contribution in [0.4, 0.5) is 0 Å². The van der Waals surface area contributed by atoms with E-state index in [1.54, 1.807) is 5.57 Å². The summed E-state index contributed by atoms with van der Waals surface area (Å²) >= 11 is 0. The predicted molar refractivity (Wildman–Crippen MR) is 24.1 cm³/mol. The van der Waals surface area contributed by atoms with Crippen LogP contribution in [-0.4, -0.2) is 0 Å². The van der Waals surface area contributed by atoms with Crippen LogP contribution in [-0.2, 0) is 0 Å². The molecule has 6 heavy (non-hydrogen) atoms. The lowest BCUT2D eigenvalue weighted by atomic mass is 10.4. The first kappa shape index (κ1) is 2.54. The van der Waals surface area contributed by atoms with E-state index < -0.39 is 0 Å². The molecule has 0 heterocycles. The summed E-state index contributed by atoms with van der Waals surface area (Å²) in [6.07, 6.45) is 7.80. The number of rotatable bonds is 1. The summed E-state index contributed by atoms with van der Waals surface area (Å²) in [5.41, 5.74) is 3.03. The Labute approximate surface area is 37.2 Å². The fraction of sp³-hybridized carbons (Fsp3) is 0.333. The minimum Gasteiger partial charge on any atom is 0.0269 e. The lowest BCUT2D eigenvalue weighted by Crippen LogP contribution is -1.47. The first-order valence-electron chi connectivity index (χ1n) is 2.26. The van der Waals surface area contributed by atoms with E-state index in [4.69, 9.17) is 0 Å². The van der Waals surface area contributed by atoms with Crippen molar-refractivity contribution in [2.75, 3.05) is 0 Å². The van der Waals surface area contributed by atoms with Gasteiger partial charge in [-0.15, -0.1) is 0 Å². The summed E-state index contributed by atoms with van der Waals surface area (Å²) in [6.45, 7) is 0. The molecule has 0 aliphatic heterocycles. The van der Waals surface area contributed by atoms with Gasteiger partial charge in [0.25, 0.3) is 0 Å². The average Bonchev–Trinajstić information content (AvgIpc) is 2.26. The molecule has 0 radical (unpaired) electrons. The normalized spacial score (nSPS) is 24.0. The lowest BCUT2D eigenvalue weighted by Gasteiger charge is -1.48. The fourth-order valence-corrected chi connectivity index (χ4v) is 0.569. The summed E-state index contributed by atoms with van der Waals surface area (Å²) in [6, 6.07) is 0. The Balaban J connectivity index is 2.26. The number of hydrogen-bond acceptors (Lipinski definition) is 0.